The third-order valence-corrected chi connectivity index (χ3v) is 5.33. The molecule has 1 heterocycles. The molecule has 0 amide bonds. The fraction of sp³-hybridized carbons (Fsp3) is 0.0833. The van der Waals surface area contributed by atoms with Gasteiger partial charge in [-0.05, 0) is 64.6 Å². The molecule has 31 heavy (non-hydrogen) atoms. The van der Waals surface area contributed by atoms with Gasteiger partial charge in [-0.15, -0.1) is 0 Å². The van der Waals surface area contributed by atoms with Crippen molar-refractivity contribution >= 4 is 40.5 Å². The van der Waals surface area contributed by atoms with Crippen molar-refractivity contribution < 1.29 is 23.4 Å². The zero-order chi connectivity index (χ0) is 21.8. The quantitative estimate of drug-likeness (QED) is 0.245. The Morgan fingerprint density at radius 2 is 1.84 bits per heavy atom. The molecule has 0 N–H and O–H groups in total. The van der Waals surface area contributed by atoms with Crippen LogP contribution in [0.2, 0.25) is 0 Å². The van der Waals surface area contributed by atoms with Crippen LogP contribution in [0, 0.1) is 9.39 Å². The number of benzene rings is 3. The molecule has 156 valence electrons. The van der Waals surface area contributed by atoms with E-state index in [-0.39, 0.29) is 24.0 Å². The van der Waals surface area contributed by atoms with Crippen molar-refractivity contribution in [3.63, 3.8) is 0 Å². The van der Waals surface area contributed by atoms with Gasteiger partial charge in [0.1, 0.15) is 12.4 Å². The highest BCUT2D eigenvalue weighted by atomic mass is 127. The van der Waals surface area contributed by atoms with Crippen LogP contribution in [0.5, 0.6) is 11.5 Å². The summed E-state index contributed by atoms with van der Waals surface area (Å²) >= 11 is 2.11. The molecule has 0 saturated heterocycles. The SMILES string of the molecule is COc1cc(/C=C2\N=C(c3ccccc3)OC2=O)cc(I)c1OCc1ccccc1F. The van der Waals surface area contributed by atoms with Gasteiger partial charge in [0.15, 0.2) is 17.2 Å². The molecule has 3 aromatic rings. The van der Waals surface area contributed by atoms with Crippen LogP contribution in [0.1, 0.15) is 16.7 Å². The highest BCUT2D eigenvalue weighted by Crippen LogP contribution is 2.35. The van der Waals surface area contributed by atoms with Crippen LogP contribution in [-0.2, 0) is 16.1 Å². The van der Waals surface area contributed by atoms with Gasteiger partial charge in [0.05, 0.1) is 10.7 Å². The van der Waals surface area contributed by atoms with Crippen molar-refractivity contribution in [3.8, 4) is 11.5 Å². The smallest absolute Gasteiger partial charge is 0.363 e. The Balaban J connectivity index is 1.60. The highest BCUT2D eigenvalue weighted by molar-refractivity contribution is 14.1. The molecule has 0 radical (unpaired) electrons. The second-order valence-corrected chi connectivity index (χ2v) is 7.78. The first-order chi connectivity index (χ1) is 15.0. The summed E-state index contributed by atoms with van der Waals surface area (Å²) in [5.41, 5.74) is 2.06. The minimum atomic E-state index is -0.521. The van der Waals surface area contributed by atoms with Gasteiger partial charge in [0.2, 0.25) is 5.90 Å². The zero-order valence-corrected chi connectivity index (χ0v) is 18.6. The van der Waals surface area contributed by atoms with Crippen molar-refractivity contribution in [2.75, 3.05) is 7.11 Å². The average molecular weight is 529 g/mol. The number of nitrogens with zero attached hydrogens (tertiary/aromatic N) is 1. The van der Waals surface area contributed by atoms with E-state index < -0.39 is 5.97 Å². The van der Waals surface area contributed by atoms with Crippen LogP contribution >= 0.6 is 22.6 Å². The van der Waals surface area contributed by atoms with Gasteiger partial charge < -0.3 is 14.2 Å². The maximum Gasteiger partial charge on any atom is 0.363 e. The van der Waals surface area contributed by atoms with Crippen molar-refractivity contribution in [2.45, 2.75) is 6.61 Å². The van der Waals surface area contributed by atoms with E-state index in [2.05, 4.69) is 27.6 Å². The number of hydrogen-bond donors (Lipinski definition) is 0. The summed E-state index contributed by atoms with van der Waals surface area (Å²) in [6, 6.07) is 19.2. The molecule has 0 spiro atoms. The van der Waals surface area contributed by atoms with Gasteiger partial charge in [0.25, 0.3) is 0 Å². The molecule has 1 aliphatic heterocycles. The van der Waals surface area contributed by atoms with Gasteiger partial charge in [0, 0.05) is 11.1 Å². The number of ether oxygens (including phenoxy) is 3. The molecule has 0 aromatic heterocycles. The molecular formula is C24H17FINO4. The Hall–Kier alpha value is -3.20. The predicted octanol–water partition coefficient (Wildman–Crippen LogP) is 5.36. The number of esters is 1. The van der Waals surface area contributed by atoms with E-state index in [4.69, 9.17) is 14.2 Å². The van der Waals surface area contributed by atoms with Crippen molar-refractivity contribution in [1.82, 2.24) is 0 Å². The van der Waals surface area contributed by atoms with Crippen molar-refractivity contribution in [2.24, 2.45) is 4.99 Å². The number of rotatable bonds is 6. The zero-order valence-electron chi connectivity index (χ0n) is 16.5. The van der Waals surface area contributed by atoms with E-state index >= 15 is 0 Å². The van der Waals surface area contributed by atoms with Crippen LogP contribution in [0.25, 0.3) is 6.08 Å². The minimum absolute atomic E-state index is 0.0660. The normalized spacial score (nSPS) is 14.4. The van der Waals surface area contributed by atoms with E-state index in [9.17, 15) is 9.18 Å². The van der Waals surface area contributed by atoms with Crippen LogP contribution in [0.4, 0.5) is 4.39 Å². The molecule has 7 heteroatoms. The third kappa shape index (κ3) is 4.77. The number of methoxy groups -OCH3 is 1. The standard InChI is InChI=1S/C24H17FINO4/c1-29-21-13-15(11-19(26)22(21)30-14-17-9-5-6-10-18(17)25)12-20-24(28)31-23(27-20)16-7-3-2-4-8-16/h2-13H,14H2,1H3/b20-12-. The van der Waals surface area contributed by atoms with E-state index in [1.54, 1.807) is 30.3 Å². The predicted molar refractivity (Wildman–Crippen MR) is 123 cm³/mol. The number of aliphatic imine (C=N–C) groups is 1. The van der Waals surface area contributed by atoms with Crippen molar-refractivity contribution in [1.29, 1.82) is 0 Å². The first kappa shape index (κ1) is 21.0. The van der Waals surface area contributed by atoms with Gasteiger partial charge in [-0.3, -0.25) is 0 Å². The molecular weight excluding hydrogens is 512 g/mol. The third-order valence-electron chi connectivity index (χ3n) is 4.53. The fourth-order valence-electron chi connectivity index (χ4n) is 3.00. The number of carbonyl (C=O) groups excluding carboxylic acids is 1. The fourth-order valence-corrected chi connectivity index (χ4v) is 3.78. The number of hydrogen-bond acceptors (Lipinski definition) is 5. The monoisotopic (exact) mass is 529 g/mol. The van der Waals surface area contributed by atoms with Gasteiger partial charge in [-0.1, -0.05) is 36.4 Å². The number of cyclic esters (lactones) is 1. The van der Waals surface area contributed by atoms with E-state index in [0.717, 1.165) is 9.13 Å². The van der Waals surface area contributed by atoms with Gasteiger partial charge in [-0.25, -0.2) is 14.2 Å². The van der Waals surface area contributed by atoms with Crippen LogP contribution < -0.4 is 9.47 Å². The Morgan fingerprint density at radius 1 is 1.10 bits per heavy atom. The molecule has 5 nitrogen and oxygen atoms in total. The van der Waals surface area contributed by atoms with E-state index in [1.807, 2.05) is 36.4 Å². The maximum atomic E-state index is 13.9. The van der Waals surface area contributed by atoms with Crippen LogP contribution in [0.15, 0.2) is 77.4 Å². The summed E-state index contributed by atoms with van der Waals surface area (Å²) in [5, 5.41) is 0. The first-order valence-corrected chi connectivity index (χ1v) is 10.4. The molecule has 4 rings (SSSR count). The minimum Gasteiger partial charge on any atom is -0.493 e. The molecule has 0 bridgehead atoms. The second kappa shape index (κ2) is 9.30. The topological polar surface area (TPSA) is 57.1 Å². The molecule has 0 saturated carbocycles. The number of carbonyl (C=O) groups is 1. The lowest BCUT2D eigenvalue weighted by atomic mass is 10.1. The molecule has 0 unspecified atom stereocenters. The molecule has 0 fully saturated rings. The van der Waals surface area contributed by atoms with Crippen molar-refractivity contribution in [3.05, 3.63) is 98.5 Å². The maximum absolute atomic E-state index is 13.9. The van der Waals surface area contributed by atoms with Gasteiger partial charge in [-0.2, -0.15) is 0 Å². The average Bonchev–Trinajstić information content (AvgIpc) is 3.14. The lowest BCUT2D eigenvalue weighted by molar-refractivity contribution is -0.129. The summed E-state index contributed by atoms with van der Waals surface area (Å²) in [6.45, 7) is 0.0660. The van der Waals surface area contributed by atoms with Crippen LogP contribution in [0.3, 0.4) is 0 Å². The Morgan fingerprint density at radius 3 is 2.58 bits per heavy atom. The van der Waals surface area contributed by atoms with E-state index in [1.165, 1.54) is 13.2 Å². The largest absolute Gasteiger partial charge is 0.493 e. The highest BCUT2D eigenvalue weighted by Gasteiger charge is 2.24. The van der Waals surface area contributed by atoms with E-state index in [0.29, 0.717) is 22.6 Å². The lowest BCUT2D eigenvalue weighted by Crippen LogP contribution is -2.05. The molecule has 3 aromatic carbocycles. The lowest BCUT2D eigenvalue weighted by Gasteiger charge is -2.14. The Bertz CT molecular complexity index is 1190. The molecule has 0 atom stereocenters. The van der Waals surface area contributed by atoms with Crippen LogP contribution in [-0.4, -0.2) is 19.0 Å². The van der Waals surface area contributed by atoms with Gasteiger partial charge >= 0.3 is 5.97 Å². The second-order valence-electron chi connectivity index (χ2n) is 6.62. The molecule has 0 aliphatic carbocycles. The first-order valence-electron chi connectivity index (χ1n) is 9.37. The summed E-state index contributed by atoms with van der Waals surface area (Å²) in [6.07, 6.45) is 1.63. The number of halogens is 2. The summed E-state index contributed by atoms with van der Waals surface area (Å²) in [4.78, 5) is 16.6. The summed E-state index contributed by atoms with van der Waals surface area (Å²) in [7, 11) is 1.52. The summed E-state index contributed by atoms with van der Waals surface area (Å²) < 4.78 is 31.2. The molecule has 1 aliphatic rings. The summed E-state index contributed by atoms with van der Waals surface area (Å²) in [5.74, 6) is 0.380. The Kier molecular flexibility index (Phi) is 6.31. The Labute approximate surface area is 192 Å².